The van der Waals surface area contributed by atoms with Crippen LogP contribution in [0.3, 0.4) is 0 Å². The van der Waals surface area contributed by atoms with Gasteiger partial charge in [-0.05, 0) is 52.3 Å². The van der Waals surface area contributed by atoms with E-state index in [-0.39, 0.29) is 0 Å². The second-order valence-electron chi connectivity index (χ2n) is 3.73. The highest BCUT2D eigenvalue weighted by atomic mass is 13.9. The summed E-state index contributed by atoms with van der Waals surface area (Å²) in [4.78, 5) is 0. The van der Waals surface area contributed by atoms with Crippen molar-refractivity contribution in [3.63, 3.8) is 0 Å². The first kappa shape index (κ1) is 14.5. The fraction of sp³-hybridized carbons (Fsp3) is 0.312. The minimum atomic E-state index is 1.23. The lowest BCUT2D eigenvalue weighted by Gasteiger charge is -1.95. The molecule has 0 spiro atoms. The third-order valence-corrected chi connectivity index (χ3v) is 2.36. The minimum Gasteiger partial charge on any atom is -0.121 e. The van der Waals surface area contributed by atoms with Crippen molar-refractivity contribution in [3.8, 4) is 0 Å². The first-order valence-corrected chi connectivity index (χ1v) is 5.64. The molecule has 0 aromatic carbocycles. The predicted molar refractivity (Wildman–Crippen MR) is 74.4 cm³/mol. The molecule has 0 atom stereocenters. The van der Waals surface area contributed by atoms with E-state index in [4.69, 9.17) is 0 Å². The third-order valence-electron chi connectivity index (χ3n) is 2.36. The Morgan fingerprint density at radius 1 is 0.875 bits per heavy atom. The van der Waals surface area contributed by atoms with Gasteiger partial charge in [0.05, 0.1) is 0 Å². The van der Waals surface area contributed by atoms with Crippen LogP contribution >= 0.6 is 0 Å². The molecule has 0 aliphatic rings. The van der Waals surface area contributed by atoms with E-state index in [9.17, 15) is 0 Å². The topological polar surface area (TPSA) is 0 Å². The molecule has 0 aromatic rings. The number of allylic oxidation sites excluding steroid dienone is 9. The molecule has 0 N–H and O–H groups in total. The number of rotatable bonds is 4. The normalized spacial score (nSPS) is 13.9. The Morgan fingerprint density at radius 3 is 2.06 bits per heavy atom. The molecule has 0 nitrogen and oxygen atoms in total. The summed E-state index contributed by atoms with van der Waals surface area (Å²) in [5, 5.41) is 0. The molecule has 16 heavy (non-hydrogen) atoms. The van der Waals surface area contributed by atoms with Crippen molar-refractivity contribution < 1.29 is 0 Å². The first-order chi connectivity index (χ1) is 7.61. The summed E-state index contributed by atoms with van der Waals surface area (Å²) in [5.41, 5.74) is 6.93. The second kappa shape index (κ2) is 8.76. The molecule has 0 heteroatoms. The fourth-order valence-electron chi connectivity index (χ4n) is 1.09. The van der Waals surface area contributed by atoms with Crippen LogP contribution in [0.4, 0.5) is 0 Å². The van der Waals surface area contributed by atoms with Crippen molar-refractivity contribution >= 4 is 0 Å². The zero-order chi connectivity index (χ0) is 12.4. The maximum Gasteiger partial charge on any atom is -0.0197 e. The molecule has 0 aromatic heterocycles. The van der Waals surface area contributed by atoms with Crippen molar-refractivity contribution in [2.75, 3.05) is 0 Å². The molecular formula is C16H22. The monoisotopic (exact) mass is 214 g/mol. The molecule has 0 unspecified atom stereocenters. The molecule has 0 aliphatic heterocycles. The van der Waals surface area contributed by atoms with Crippen LogP contribution in [-0.4, -0.2) is 0 Å². The lowest BCUT2D eigenvalue weighted by Crippen LogP contribution is -1.75. The van der Waals surface area contributed by atoms with E-state index in [1.54, 1.807) is 0 Å². The average molecular weight is 214 g/mol. The highest BCUT2D eigenvalue weighted by Crippen LogP contribution is 2.06. The van der Waals surface area contributed by atoms with Gasteiger partial charge in [-0.3, -0.25) is 0 Å². The van der Waals surface area contributed by atoms with Crippen LogP contribution in [0.1, 0.15) is 34.6 Å². The zero-order valence-electron chi connectivity index (χ0n) is 11.0. The predicted octanol–water partition coefficient (Wildman–Crippen LogP) is 5.13. The third kappa shape index (κ3) is 6.86. The van der Waals surface area contributed by atoms with E-state index in [1.165, 1.54) is 16.7 Å². The van der Waals surface area contributed by atoms with Gasteiger partial charge in [0.1, 0.15) is 0 Å². The lowest BCUT2D eigenvalue weighted by molar-refractivity contribution is 1.33. The molecule has 0 bridgehead atoms. The van der Waals surface area contributed by atoms with Gasteiger partial charge < -0.3 is 0 Å². The van der Waals surface area contributed by atoms with Crippen molar-refractivity contribution in [2.24, 2.45) is 0 Å². The molecule has 0 aliphatic carbocycles. The van der Waals surface area contributed by atoms with Crippen molar-refractivity contribution in [1.82, 2.24) is 0 Å². The van der Waals surface area contributed by atoms with Gasteiger partial charge in [-0.25, -0.2) is 0 Å². The summed E-state index contributed by atoms with van der Waals surface area (Å²) in [7, 11) is 0. The molecule has 86 valence electrons. The molecule has 0 rings (SSSR count). The van der Waals surface area contributed by atoms with E-state index in [2.05, 4.69) is 51.7 Å². The molecule has 0 heterocycles. The smallest absolute Gasteiger partial charge is 0.0197 e. The Morgan fingerprint density at radius 2 is 1.50 bits per heavy atom. The molecule has 0 saturated heterocycles. The zero-order valence-corrected chi connectivity index (χ0v) is 11.0. The van der Waals surface area contributed by atoms with E-state index in [0.29, 0.717) is 0 Å². The van der Waals surface area contributed by atoms with Gasteiger partial charge in [0.25, 0.3) is 0 Å². The van der Waals surface area contributed by atoms with Crippen molar-refractivity contribution in [1.29, 1.82) is 0 Å². The van der Waals surface area contributed by atoms with Gasteiger partial charge in [-0.2, -0.15) is 0 Å². The van der Waals surface area contributed by atoms with Gasteiger partial charge in [-0.1, -0.05) is 41.5 Å². The first-order valence-electron chi connectivity index (χ1n) is 5.64. The Labute approximate surface area is 100 Å². The molecule has 0 fully saturated rings. The SMILES string of the molecule is C/C=C\C(C)=C\C=C=C/C=C(C)/C(C)=C\C. The van der Waals surface area contributed by atoms with E-state index in [1.807, 2.05) is 31.2 Å². The Hall–Kier alpha value is -1.52. The Balaban J connectivity index is 4.52. The lowest BCUT2D eigenvalue weighted by atomic mass is 10.1. The van der Waals surface area contributed by atoms with Crippen LogP contribution in [0.2, 0.25) is 0 Å². The van der Waals surface area contributed by atoms with E-state index >= 15 is 0 Å². The van der Waals surface area contributed by atoms with Crippen LogP contribution in [0.25, 0.3) is 0 Å². The number of hydrogen-bond donors (Lipinski definition) is 0. The minimum absolute atomic E-state index is 1.23. The van der Waals surface area contributed by atoms with Crippen LogP contribution < -0.4 is 0 Å². The van der Waals surface area contributed by atoms with E-state index < -0.39 is 0 Å². The van der Waals surface area contributed by atoms with Crippen LogP contribution in [0.15, 0.2) is 65.0 Å². The summed E-state index contributed by atoms with van der Waals surface area (Å²) < 4.78 is 0. The van der Waals surface area contributed by atoms with Gasteiger partial charge >= 0.3 is 0 Å². The summed E-state index contributed by atoms with van der Waals surface area (Å²) in [6, 6.07) is 0. The highest BCUT2D eigenvalue weighted by Gasteiger charge is 1.86. The summed E-state index contributed by atoms with van der Waals surface area (Å²) in [6.45, 7) is 10.4. The van der Waals surface area contributed by atoms with Crippen LogP contribution in [0, 0.1) is 0 Å². The van der Waals surface area contributed by atoms with Gasteiger partial charge in [0.2, 0.25) is 0 Å². The average Bonchev–Trinajstić information content (AvgIpc) is 2.27. The summed E-state index contributed by atoms with van der Waals surface area (Å²) in [6.07, 6.45) is 14.2. The standard InChI is InChI=1S/C16H22/c1-6-11-14(3)12-9-8-10-13-16(5)15(4)7-2/h6-7,9-13H,1-5H3/b11-6-,14-12+,15-7-,16-13+. The number of hydrogen-bond acceptors (Lipinski definition) is 0. The fourth-order valence-corrected chi connectivity index (χ4v) is 1.09. The van der Waals surface area contributed by atoms with Gasteiger partial charge in [-0.15, -0.1) is 5.73 Å². The largest absolute Gasteiger partial charge is 0.121 e. The maximum atomic E-state index is 3.12. The maximum absolute atomic E-state index is 3.12. The van der Waals surface area contributed by atoms with Crippen LogP contribution in [0.5, 0.6) is 0 Å². The molecule has 0 amide bonds. The van der Waals surface area contributed by atoms with Crippen LogP contribution in [-0.2, 0) is 0 Å². The van der Waals surface area contributed by atoms with E-state index in [0.717, 1.165) is 0 Å². The summed E-state index contributed by atoms with van der Waals surface area (Å²) in [5.74, 6) is 0. The van der Waals surface area contributed by atoms with Gasteiger partial charge in [0.15, 0.2) is 0 Å². The van der Waals surface area contributed by atoms with Crippen molar-refractivity contribution in [2.45, 2.75) is 34.6 Å². The molecule has 0 saturated carbocycles. The molecule has 0 radical (unpaired) electrons. The summed E-state index contributed by atoms with van der Waals surface area (Å²) >= 11 is 0. The van der Waals surface area contributed by atoms with Gasteiger partial charge in [0, 0.05) is 0 Å². The molecular weight excluding hydrogens is 192 g/mol. The highest BCUT2D eigenvalue weighted by molar-refractivity contribution is 5.30. The Kier molecular flexibility index (Phi) is 7.93. The second-order valence-corrected chi connectivity index (χ2v) is 3.73. The quantitative estimate of drug-likeness (QED) is 0.449. The Bertz CT molecular complexity index is 378. The van der Waals surface area contributed by atoms with Crippen molar-refractivity contribution in [3.05, 3.63) is 65.0 Å².